The molecule has 0 spiro atoms. The fourth-order valence-electron chi connectivity index (χ4n) is 2.56. The monoisotopic (exact) mass is 304 g/mol. The molecule has 2 aliphatic rings. The van der Waals surface area contributed by atoms with E-state index in [1.165, 1.54) is 11.9 Å². The van der Waals surface area contributed by atoms with Gasteiger partial charge in [0.15, 0.2) is 5.78 Å². The van der Waals surface area contributed by atoms with Gasteiger partial charge in [0.25, 0.3) is 5.91 Å². The van der Waals surface area contributed by atoms with E-state index in [0.29, 0.717) is 12.1 Å². The summed E-state index contributed by atoms with van der Waals surface area (Å²) in [6, 6.07) is 0. The molecule has 0 atom stereocenters. The van der Waals surface area contributed by atoms with Crippen LogP contribution in [0.4, 0.5) is 0 Å². The first-order valence-electron chi connectivity index (χ1n) is 7.71. The molecule has 0 aromatic carbocycles. The Labute approximate surface area is 131 Å². The molecule has 1 amide bonds. The quantitative estimate of drug-likeness (QED) is 0.717. The van der Waals surface area contributed by atoms with Gasteiger partial charge in [-0.15, -0.1) is 0 Å². The van der Waals surface area contributed by atoms with Crippen molar-refractivity contribution >= 4 is 17.4 Å². The summed E-state index contributed by atoms with van der Waals surface area (Å²) in [5.41, 5.74) is 0.658. The summed E-state index contributed by atoms with van der Waals surface area (Å²) in [5, 5.41) is 5.61. The van der Waals surface area contributed by atoms with Crippen molar-refractivity contribution in [2.24, 2.45) is 5.10 Å². The summed E-state index contributed by atoms with van der Waals surface area (Å²) >= 11 is 0. The summed E-state index contributed by atoms with van der Waals surface area (Å²) in [6.45, 7) is 5.97. The molecule has 2 heterocycles. The van der Waals surface area contributed by atoms with E-state index in [0.717, 1.165) is 31.8 Å². The lowest BCUT2D eigenvalue weighted by atomic mass is 10.1. The van der Waals surface area contributed by atoms with Crippen LogP contribution >= 0.6 is 0 Å². The van der Waals surface area contributed by atoms with Gasteiger partial charge in [-0.1, -0.05) is 13.3 Å². The molecule has 2 aliphatic heterocycles. The van der Waals surface area contributed by atoms with Gasteiger partial charge in [-0.05, 0) is 18.6 Å². The third kappa shape index (κ3) is 3.21. The number of hydrogen-bond donors (Lipinski definition) is 0. The van der Waals surface area contributed by atoms with Gasteiger partial charge in [-0.3, -0.25) is 9.59 Å². The van der Waals surface area contributed by atoms with E-state index >= 15 is 0 Å². The van der Waals surface area contributed by atoms with Gasteiger partial charge < -0.3 is 9.80 Å². The number of ketones is 1. The molecule has 2 rings (SSSR count). The summed E-state index contributed by atoms with van der Waals surface area (Å²) in [5.74, 6) is 0.680. The van der Waals surface area contributed by atoms with Crippen molar-refractivity contribution in [1.82, 2.24) is 14.8 Å². The number of carbonyl (C=O) groups excluding carboxylic acids is 2. The standard InChI is InChI=1S/C16H24N4O2/c1-5-6-9-20-16(22)13(15(17-20)12(2)21)7-8-14-18(3)10-11-19(14)4/h7-8H,5-6,9-11H2,1-4H3/b13-7+. The minimum Gasteiger partial charge on any atom is -0.360 e. The number of rotatable bonds is 5. The average Bonchev–Trinajstić information content (AvgIpc) is 2.96. The van der Waals surface area contributed by atoms with Gasteiger partial charge in [-0.25, -0.2) is 5.01 Å². The minimum absolute atomic E-state index is 0.176. The molecule has 0 bridgehead atoms. The molecule has 1 fully saturated rings. The van der Waals surface area contributed by atoms with E-state index in [1.807, 2.05) is 20.2 Å². The number of likely N-dealkylation sites (N-methyl/N-ethyl adjacent to an activating group) is 2. The Balaban J connectivity index is 2.26. The van der Waals surface area contributed by atoms with E-state index < -0.39 is 0 Å². The SMILES string of the molecule is CCCCN1N=C(C(C)=O)/C(=C\C=C2N(C)CCN2C)C1=O. The number of amides is 1. The molecule has 120 valence electrons. The first-order valence-corrected chi connectivity index (χ1v) is 7.71. The number of carbonyl (C=O) groups is 2. The number of unbranched alkanes of at least 4 members (excludes halogenated alkanes) is 1. The van der Waals surface area contributed by atoms with Crippen LogP contribution in [0.3, 0.4) is 0 Å². The second kappa shape index (κ2) is 6.77. The second-order valence-corrected chi connectivity index (χ2v) is 5.73. The Bertz CT molecular complexity index is 550. The van der Waals surface area contributed by atoms with Crippen molar-refractivity contribution in [1.29, 1.82) is 0 Å². The van der Waals surface area contributed by atoms with Crippen LogP contribution in [0.2, 0.25) is 0 Å². The molecule has 22 heavy (non-hydrogen) atoms. The molecule has 0 aromatic rings. The zero-order valence-corrected chi connectivity index (χ0v) is 13.8. The zero-order valence-electron chi connectivity index (χ0n) is 13.8. The number of hydrogen-bond acceptors (Lipinski definition) is 5. The van der Waals surface area contributed by atoms with Crippen molar-refractivity contribution in [2.45, 2.75) is 26.7 Å². The molecule has 0 aliphatic carbocycles. The number of hydrazone groups is 1. The largest absolute Gasteiger partial charge is 0.360 e. The van der Waals surface area contributed by atoms with Crippen LogP contribution in [0.15, 0.2) is 28.6 Å². The lowest BCUT2D eigenvalue weighted by molar-refractivity contribution is -0.125. The molecular formula is C16H24N4O2. The van der Waals surface area contributed by atoms with Gasteiger partial charge in [0.05, 0.1) is 5.57 Å². The number of allylic oxidation sites excluding steroid dienone is 2. The summed E-state index contributed by atoms with van der Waals surface area (Å²) in [6.07, 6.45) is 5.47. The lowest BCUT2D eigenvalue weighted by Gasteiger charge is -2.16. The highest BCUT2D eigenvalue weighted by Crippen LogP contribution is 2.19. The minimum atomic E-state index is -0.182. The van der Waals surface area contributed by atoms with Crippen molar-refractivity contribution in [3.8, 4) is 0 Å². The van der Waals surface area contributed by atoms with Crippen LogP contribution < -0.4 is 0 Å². The lowest BCUT2D eigenvalue weighted by Crippen LogP contribution is -2.23. The fraction of sp³-hybridized carbons (Fsp3) is 0.562. The topological polar surface area (TPSA) is 56.2 Å². The van der Waals surface area contributed by atoms with Gasteiger partial charge in [-0.2, -0.15) is 5.10 Å². The highest BCUT2D eigenvalue weighted by Gasteiger charge is 2.31. The molecule has 6 nitrogen and oxygen atoms in total. The second-order valence-electron chi connectivity index (χ2n) is 5.73. The normalized spacial score (nSPS) is 20.3. The molecule has 0 unspecified atom stereocenters. The van der Waals surface area contributed by atoms with E-state index in [-0.39, 0.29) is 17.4 Å². The van der Waals surface area contributed by atoms with Gasteiger partial charge in [0.1, 0.15) is 11.5 Å². The Morgan fingerprint density at radius 1 is 1.23 bits per heavy atom. The third-order valence-corrected chi connectivity index (χ3v) is 3.95. The molecule has 0 saturated carbocycles. The molecule has 1 saturated heterocycles. The highest BCUT2D eigenvalue weighted by molar-refractivity contribution is 6.52. The van der Waals surface area contributed by atoms with E-state index in [4.69, 9.17) is 0 Å². The van der Waals surface area contributed by atoms with Crippen molar-refractivity contribution in [3.05, 3.63) is 23.5 Å². The molecular weight excluding hydrogens is 280 g/mol. The molecule has 0 radical (unpaired) electrons. The van der Waals surface area contributed by atoms with Crippen LogP contribution in [0.1, 0.15) is 26.7 Å². The Morgan fingerprint density at radius 2 is 1.86 bits per heavy atom. The van der Waals surface area contributed by atoms with E-state index in [2.05, 4.69) is 21.8 Å². The van der Waals surface area contributed by atoms with Crippen molar-refractivity contribution in [3.63, 3.8) is 0 Å². The van der Waals surface area contributed by atoms with E-state index in [9.17, 15) is 9.59 Å². The van der Waals surface area contributed by atoms with Crippen LogP contribution in [0.25, 0.3) is 0 Å². The van der Waals surface area contributed by atoms with Crippen molar-refractivity contribution in [2.75, 3.05) is 33.7 Å². The Morgan fingerprint density at radius 3 is 2.41 bits per heavy atom. The maximum absolute atomic E-state index is 12.4. The van der Waals surface area contributed by atoms with Gasteiger partial charge >= 0.3 is 0 Å². The van der Waals surface area contributed by atoms with Crippen LogP contribution in [0, 0.1) is 0 Å². The van der Waals surface area contributed by atoms with Crippen LogP contribution in [-0.2, 0) is 9.59 Å². The smallest absolute Gasteiger partial charge is 0.276 e. The summed E-state index contributed by atoms with van der Waals surface area (Å²) < 4.78 is 0. The molecule has 0 aromatic heterocycles. The Kier molecular flexibility index (Phi) is 5.00. The molecule has 6 heteroatoms. The summed E-state index contributed by atoms with van der Waals surface area (Å²) in [4.78, 5) is 28.4. The van der Waals surface area contributed by atoms with Crippen molar-refractivity contribution < 1.29 is 9.59 Å². The predicted molar refractivity (Wildman–Crippen MR) is 86.2 cm³/mol. The maximum atomic E-state index is 12.4. The van der Waals surface area contributed by atoms with Crippen LogP contribution in [0.5, 0.6) is 0 Å². The third-order valence-electron chi connectivity index (χ3n) is 3.95. The van der Waals surface area contributed by atoms with Gasteiger partial charge in [0, 0.05) is 40.7 Å². The number of Topliss-reactive ketones (excluding diaryl/α,β-unsaturated/α-hetero) is 1. The van der Waals surface area contributed by atoms with E-state index in [1.54, 1.807) is 6.08 Å². The average molecular weight is 304 g/mol. The summed E-state index contributed by atoms with van der Waals surface area (Å²) in [7, 11) is 4.02. The van der Waals surface area contributed by atoms with Gasteiger partial charge in [0.2, 0.25) is 0 Å². The zero-order chi connectivity index (χ0) is 16.3. The first-order chi connectivity index (χ1) is 10.5. The predicted octanol–water partition coefficient (Wildman–Crippen LogP) is 1.22. The first kappa shape index (κ1) is 16.3. The number of nitrogens with zero attached hydrogens (tertiary/aromatic N) is 4. The molecule has 0 N–H and O–H groups in total. The van der Waals surface area contributed by atoms with Crippen LogP contribution in [-0.4, -0.2) is 65.9 Å². The maximum Gasteiger partial charge on any atom is 0.276 e. The highest BCUT2D eigenvalue weighted by atomic mass is 16.2. The fourth-order valence-corrected chi connectivity index (χ4v) is 2.56. The Hall–Kier alpha value is -2.11.